The molecule has 1 aliphatic rings. The molecule has 1 fully saturated rings. The van der Waals surface area contributed by atoms with Crippen molar-refractivity contribution >= 4 is 11.9 Å². The third kappa shape index (κ3) is 3.98. The van der Waals surface area contributed by atoms with E-state index in [0.29, 0.717) is 19.3 Å². The van der Waals surface area contributed by atoms with Crippen molar-refractivity contribution in [2.24, 2.45) is 11.7 Å². The monoisotopic (exact) mass is 256 g/mol. The van der Waals surface area contributed by atoms with Crippen LogP contribution in [-0.2, 0) is 9.59 Å². The van der Waals surface area contributed by atoms with Crippen molar-refractivity contribution in [1.29, 1.82) is 0 Å². The Hall–Kier alpha value is -1.10. The third-order valence-electron chi connectivity index (χ3n) is 3.70. The van der Waals surface area contributed by atoms with Crippen LogP contribution in [-0.4, -0.2) is 28.6 Å². The van der Waals surface area contributed by atoms with Crippen LogP contribution in [0.5, 0.6) is 0 Å². The van der Waals surface area contributed by atoms with Crippen molar-refractivity contribution in [2.75, 3.05) is 0 Å². The zero-order chi connectivity index (χ0) is 13.8. The van der Waals surface area contributed by atoms with Crippen LogP contribution in [0.15, 0.2) is 0 Å². The van der Waals surface area contributed by atoms with Gasteiger partial charge in [-0.1, -0.05) is 13.3 Å². The van der Waals surface area contributed by atoms with Gasteiger partial charge >= 0.3 is 5.97 Å². The van der Waals surface area contributed by atoms with E-state index < -0.39 is 11.5 Å². The van der Waals surface area contributed by atoms with Crippen molar-refractivity contribution in [1.82, 2.24) is 5.32 Å². The minimum atomic E-state index is -0.821. The van der Waals surface area contributed by atoms with Gasteiger partial charge in [-0.15, -0.1) is 0 Å². The van der Waals surface area contributed by atoms with E-state index in [2.05, 4.69) is 5.32 Å². The van der Waals surface area contributed by atoms with Crippen LogP contribution in [0, 0.1) is 5.92 Å². The molecule has 18 heavy (non-hydrogen) atoms. The van der Waals surface area contributed by atoms with Gasteiger partial charge in [0.05, 0.1) is 11.5 Å². The average molecular weight is 256 g/mol. The molecule has 1 unspecified atom stereocenters. The number of aliphatic carboxylic acids is 1. The van der Waals surface area contributed by atoms with Crippen LogP contribution in [0.25, 0.3) is 0 Å². The summed E-state index contributed by atoms with van der Waals surface area (Å²) in [7, 11) is 0. The van der Waals surface area contributed by atoms with Gasteiger partial charge in [-0.2, -0.15) is 0 Å². The molecule has 5 heteroatoms. The summed E-state index contributed by atoms with van der Waals surface area (Å²) in [6.45, 7) is 3.74. The van der Waals surface area contributed by atoms with Crippen molar-refractivity contribution in [3.05, 3.63) is 0 Å². The molecule has 1 saturated carbocycles. The minimum Gasteiger partial charge on any atom is -0.481 e. The first kappa shape index (κ1) is 15.0. The summed E-state index contributed by atoms with van der Waals surface area (Å²) in [5.74, 6) is -1.10. The van der Waals surface area contributed by atoms with Crippen molar-refractivity contribution < 1.29 is 14.7 Å². The zero-order valence-electron chi connectivity index (χ0n) is 11.2. The van der Waals surface area contributed by atoms with Gasteiger partial charge < -0.3 is 16.2 Å². The maximum absolute atomic E-state index is 12.0. The van der Waals surface area contributed by atoms with Crippen LogP contribution in [0.3, 0.4) is 0 Å². The highest BCUT2D eigenvalue weighted by molar-refractivity contribution is 5.85. The van der Waals surface area contributed by atoms with E-state index in [4.69, 9.17) is 10.8 Å². The van der Waals surface area contributed by atoms with E-state index in [1.54, 1.807) is 6.92 Å². The standard InChI is InChI=1S/C13H24N2O3/c1-3-8-13(2,14)12(18)15-10-6-4-9(5-7-10)11(16)17/h9-10H,3-8,14H2,1-2H3,(H,15,18)(H,16,17). The Kier molecular flexibility index (Phi) is 5.14. The van der Waals surface area contributed by atoms with Gasteiger partial charge in [0.15, 0.2) is 0 Å². The summed E-state index contributed by atoms with van der Waals surface area (Å²) < 4.78 is 0. The lowest BCUT2D eigenvalue weighted by Gasteiger charge is -2.30. The van der Waals surface area contributed by atoms with E-state index in [-0.39, 0.29) is 17.9 Å². The van der Waals surface area contributed by atoms with Gasteiger partial charge in [0.2, 0.25) is 5.91 Å². The fraction of sp³-hybridized carbons (Fsp3) is 0.846. The van der Waals surface area contributed by atoms with Crippen LogP contribution < -0.4 is 11.1 Å². The molecule has 0 spiro atoms. The van der Waals surface area contributed by atoms with Crippen molar-refractivity contribution in [2.45, 2.75) is 64.0 Å². The van der Waals surface area contributed by atoms with Gasteiger partial charge in [-0.3, -0.25) is 9.59 Å². The lowest BCUT2D eigenvalue weighted by molar-refractivity contribution is -0.142. The van der Waals surface area contributed by atoms with Crippen LogP contribution >= 0.6 is 0 Å². The highest BCUT2D eigenvalue weighted by Gasteiger charge is 2.31. The Balaban J connectivity index is 2.41. The Morgan fingerprint density at radius 1 is 1.33 bits per heavy atom. The van der Waals surface area contributed by atoms with E-state index in [9.17, 15) is 9.59 Å². The SMILES string of the molecule is CCCC(C)(N)C(=O)NC1CCC(C(=O)O)CC1. The van der Waals surface area contributed by atoms with E-state index >= 15 is 0 Å². The van der Waals surface area contributed by atoms with E-state index in [1.165, 1.54) is 0 Å². The molecule has 0 radical (unpaired) electrons. The summed E-state index contributed by atoms with van der Waals surface area (Å²) in [6, 6.07) is 0.0767. The molecule has 0 bridgehead atoms. The number of nitrogens with one attached hydrogen (secondary N) is 1. The van der Waals surface area contributed by atoms with Crippen LogP contribution in [0.4, 0.5) is 0 Å². The molecule has 1 atom stereocenters. The molecule has 0 aromatic carbocycles. The van der Waals surface area contributed by atoms with E-state index in [0.717, 1.165) is 19.3 Å². The lowest BCUT2D eigenvalue weighted by atomic mass is 9.85. The average Bonchev–Trinajstić information content (AvgIpc) is 2.29. The molecule has 1 aliphatic carbocycles. The Labute approximate surface area is 108 Å². The second-order valence-corrected chi connectivity index (χ2v) is 5.53. The summed E-state index contributed by atoms with van der Waals surface area (Å²) in [5.41, 5.74) is 5.14. The van der Waals surface area contributed by atoms with Crippen molar-refractivity contribution in [3.63, 3.8) is 0 Å². The largest absolute Gasteiger partial charge is 0.481 e. The van der Waals surface area contributed by atoms with Gasteiger partial charge in [-0.25, -0.2) is 0 Å². The third-order valence-corrected chi connectivity index (χ3v) is 3.70. The minimum absolute atomic E-state index is 0.0767. The maximum atomic E-state index is 12.0. The summed E-state index contributed by atoms with van der Waals surface area (Å²) in [5, 5.41) is 11.8. The predicted molar refractivity (Wildman–Crippen MR) is 69.0 cm³/mol. The molecule has 104 valence electrons. The molecule has 5 nitrogen and oxygen atoms in total. The van der Waals surface area contributed by atoms with Crippen LogP contribution in [0.1, 0.15) is 52.4 Å². The predicted octanol–water partition coefficient (Wildman–Crippen LogP) is 1.26. The van der Waals surface area contributed by atoms with Gasteiger partial charge in [0.1, 0.15) is 0 Å². The second kappa shape index (κ2) is 6.18. The molecule has 0 aromatic rings. The first-order valence-electron chi connectivity index (χ1n) is 6.69. The topological polar surface area (TPSA) is 92.4 Å². The molecular formula is C13H24N2O3. The summed E-state index contributed by atoms with van der Waals surface area (Å²) >= 11 is 0. The fourth-order valence-electron chi connectivity index (χ4n) is 2.47. The highest BCUT2D eigenvalue weighted by atomic mass is 16.4. The molecule has 1 amide bonds. The smallest absolute Gasteiger partial charge is 0.306 e. The second-order valence-electron chi connectivity index (χ2n) is 5.53. The number of carboxylic acids is 1. The number of carboxylic acid groups (broad SMARTS) is 1. The number of hydrogen-bond donors (Lipinski definition) is 3. The number of nitrogens with two attached hydrogens (primary N) is 1. The molecule has 0 aromatic heterocycles. The molecule has 0 saturated heterocycles. The molecular weight excluding hydrogens is 232 g/mol. The molecule has 4 N–H and O–H groups in total. The number of amides is 1. The molecule has 0 aliphatic heterocycles. The first-order chi connectivity index (χ1) is 8.36. The van der Waals surface area contributed by atoms with Gasteiger partial charge in [-0.05, 0) is 39.0 Å². The summed E-state index contributed by atoms with van der Waals surface area (Å²) in [4.78, 5) is 22.8. The van der Waals surface area contributed by atoms with E-state index in [1.807, 2.05) is 6.92 Å². The number of rotatable bonds is 5. The van der Waals surface area contributed by atoms with Crippen LogP contribution in [0.2, 0.25) is 0 Å². The van der Waals surface area contributed by atoms with Crippen molar-refractivity contribution in [3.8, 4) is 0 Å². The Morgan fingerprint density at radius 3 is 2.33 bits per heavy atom. The quantitative estimate of drug-likeness (QED) is 0.690. The normalized spacial score (nSPS) is 27.3. The van der Waals surface area contributed by atoms with Gasteiger partial charge in [0, 0.05) is 6.04 Å². The lowest BCUT2D eigenvalue weighted by Crippen LogP contribution is -2.54. The Bertz CT molecular complexity index is 307. The Morgan fingerprint density at radius 2 is 1.89 bits per heavy atom. The summed E-state index contributed by atoms with van der Waals surface area (Å²) in [6.07, 6.45) is 4.25. The fourth-order valence-corrected chi connectivity index (χ4v) is 2.47. The van der Waals surface area contributed by atoms with Gasteiger partial charge in [0.25, 0.3) is 0 Å². The molecule has 0 heterocycles. The molecule has 1 rings (SSSR count). The first-order valence-corrected chi connectivity index (χ1v) is 6.69. The zero-order valence-corrected chi connectivity index (χ0v) is 11.2. The maximum Gasteiger partial charge on any atom is 0.306 e. The number of carbonyl (C=O) groups excluding carboxylic acids is 1. The number of carbonyl (C=O) groups is 2. The highest BCUT2D eigenvalue weighted by Crippen LogP contribution is 2.24. The number of hydrogen-bond acceptors (Lipinski definition) is 3.